The fourth-order valence-electron chi connectivity index (χ4n) is 4.25. The van der Waals surface area contributed by atoms with Crippen LogP contribution in [-0.2, 0) is 9.59 Å². The minimum atomic E-state index is 0.102. The van der Waals surface area contributed by atoms with Crippen molar-refractivity contribution >= 4 is 75.5 Å². The molecule has 39 heavy (non-hydrogen) atoms. The number of piperidine rings is 2. The van der Waals surface area contributed by atoms with Gasteiger partial charge in [-0.15, -0.1) is 0 Å². The molecule has 2 amide bonds. The lowest BCUT2D eigenvalue weighted by Gasteiger charge is -2.34. The maximum atomic E-state index is 11.9. The van der Waals surface area contributed by atoms with Crippen LogP contribution in [0.1, 0.15) is 25.7 Å². The molecule has 13 heteroatoms. The normalized spacial score (nSPS) is 15.9. The van der Waals surface area contributed by atoms with Crippen LogP contribution < -0.4 is 10.2 Å². The largest absolute Gasteiger partial charge is 0.369 e. The van der Waals surface area contributed by atoms with Gasteiger partial charge in [-0.2, -0.15) is 0 Å². The highest BCUT2D eigenvalue weighted by Crippen LogP contribution is 2.35. The second-order valence-electron chi connectivity index (χ2n) is 9.62. The number of rotatable bonds is 3. The molecule has 4 rings (SSSR count). The number of halogens is 5. The fraction of sp³-hybridized carbons (Fsp3) is 0.538. The fourth-order valence-corrected chi connectivity index (χ4v) is 5.32. The van der Waals surface area contributed by atoms with Crippen molar-refractivity contribution in [2.45, 2.75) is 25.7 Å². The highest BCUT2D eigenvalue weighted by Gasteiger charge is 2.28. The number of hydrogen-bond donors (Lipinski definition) is 1. The number of carbonyl (C=O) groups is 2. The van der Waals surface area contributed by atoms with E-state index in [9.17, 15) is 9.59 Å². The third-order valence-corrected chi connectivity index (χ3v) is 8.08. The molecule has 2 aromatic heterocycles. The van der Waals surface area contributed by atoms with Crippen LogP contribution in [0.3, 0.4) is 0 Å². The van der Waals surface area contributed by atoms with Gasteiger partial charge in [0.2, 0.25) is 11.8 Å². The van der Waals surface area contributed by atoms with Crippen molar-refractivity contribution in [3.8, 4) is 0 Å². The van der Waals surface area contributed by atoms with E-state index >= 15 is 0 Å². The topological polar surface area (TPSA) is 81.7 Å². The zero-order chi connectivity index (χ0) is 29.1. The lowest BCUT2D eigenvalue weighted by atomic mass is 9.95. The van der Waals surface area contributed by atoms with Crippen molar-refractivity contribution in [3.63, 3.8) is 0 Å². The van der Waals surface area contributed by atoms with E-state index in [1.807, 2.05) is 14.1 Å². The van der Waals surface area contributed by atoms with Gasteiger partial charge in [-0.1, -0.05) is 58.0 Å². The molecular formula is C26H35Cl5N6O2. The Kier molecular flexibility index (Phi) is 14.4. The van der Waals surface area contributed by atoms with Gasteiger partial charge in [0.1, 0.15) is 0 Å². The van der Waals surface area contributed by atoms with Gasteiger partial charge in [0.15, 0.2) is 0 Å². The predicted molar refractivity (Wildman–Crippen MR) is 161 cm³/mol. The zero-order valence-electron chi connectivity index (χ0n) is 22.6. The summed E-state index contributed by atoms with van der Waals surface area (Å²) < 4.78 is 0. The van der Waals surface area contributed by atoms with Gasteiger partial charge in [-0.05, 0) is 38.8 Å². The van der Waals surface area contributed by atoms with Crippen molar-refractivity contribution in [2.24, 2.45) is 11.8 Å². The molecule has 0 radical (unpaired) electrons. The molecule has 2 aliphatic rings. The monoisotopic (exact) mass is 638 g/mol. The standard InChI is InChI=1S/C13H17Cl2N3O.C8H16N2O.C5H2Cl3N/c1-17(2)13(19)9-3-5-18(6-4-9)12-10(14)7-16-8-11(12)15;1-10(2)8(11)7-3-5-9-6-4-7;6-3-1-9-2-4(7)5(3)8/h7-9H,3-6H2,1-2H3;7,9H,3-6H2,1-2H3;1-2H. The Hall–Kier alpha value is -1.55. The van der Waals surface area contributed by atoms with Gasteiger partial charge >= 0.3 is 0 Å². The van der Waals surface area contributed by atoms with Crippen LogP contribution in [0.4, 0.5) is 5.69 Å². The van der Waals surface area contributed by atoms with Gasteiger partial charge < -0.3 is 20.0 Å². The third-order valence-electron chi connectivity index (χ3n) is 6.35. The van der Waals surface area contributed by atoms with Gasteiger partial charge in [-0.3, -0.25) is 19.6 Å². The summed E-state index contributed by atoms with van der Waals surface area (Å²) >= 11 is 28.9. The SMILES string of the molecule is CN(C)C(=O)C1CCN(c2c(Cl)cncc2Cl)CC1.CN(C)C(=O)C1CCNCC1.Clc1cncc(Cl)c1Cl. The molecule has 2 aromatic rings. The van der Waals surface area contributed by atoms with Gasteiger partial charge in [-0.25, -0.2) is 0 Å². The van der Waals surface area contributed by atoms with E-state index in [0.29, 0.717) is 25.1 Å². The van der Waals surface area contributed by atoms with E-state index < -0.39 is 0 Å². The molecule has 0 spiro atoms. The van der Waals surface area contributed by atoms with Crippen molar-refractivity contribution in [3.05, 3.63) is 49.9 Å². The van der Waals surface area contributed by atoms with Crippen LogP contribution in [0.25, 0.3) is 0 Å². The lowest BCUT2D eigenvalue weighted by Crippen LogP contribution is -2.40. The minimum Gasteiger partial charge on any atom is -0.369 e. The first-order chi connectivity index (χ1) is 18.4. The highest BCUT2D eigenvalue weighted by atomic mass is 35.5. The molecule has 2 fully saturated rings. The molecule has 4 heterocycles. The molecule has 216 valence electrons. The second kappa shape index (κ2) is 16.7. The quantitative estimate of drug-likeness (QED) is 0.456. The summed E-state index contributed by atoms with van der Waals surface area (Å²) in [7, 11) is 7.24. The van der Waals surface area contributed by atoms with Gasteiger partial charge in [0.25, 0.3) is 0 Å². The molecular weight excluding hydrogens is 606 g/mol. The van der Waals surface area contributed by atoms with Crippen LogP contribution in [0.2, 0.25) is 25.1 Å². The van der Waals surface area contributed by atoms with Gasteiger partial charge in [0, 0.05) is 77.9 Å². The first-order valence-electron chi connectivity index (χ1n) is 12.6. The molecule has 0 bridgehead atoms. The number of hydrogen-bond acceptors (Lipinski definition) is 6. The summed E-state index contributed by atoms with van der Waals surface area (Å²) in [6, 6.07) is 0. The molecule has 2 aliphatic heterocycles. The Labute approximate surface area is 255 Å². The van der Waals surface area contributed by atoms with Crippen LogP contribution in [-0.4, -0.2) is 86.0 Å². The smallest absolute Gasteiger partial charge is 0.225 e. The Morgan fingerprint density at radius 2 is 1.10 bits per heavy atom. The first kappa shape index (κ1) is 33.7. The summed E-state index contributed by atoms with van der Waals surface area (Å²) in [5.74, 6) is 0.856. The predicted octanol–water partition coefficient (Wildman–Crippen LogP) is 5.81. The average molecular weight is 641 g/mol. The van der Waals surface area contributed by atoms with Crippen LogP contribution >= 0.6 is 58.0 Å². The van der Waals surface area contributed by atoms with Crippen LogP contribution in [0, 0.1) is 11.8 Å². The molecule has 0 aliphatic carbocycles. The van der Waals surface area contributed by atoms with Crippen molar-refractivity contribution in [1.29, 1.82) is 0 Å². The lowest BCUT2D eigenvalue weighted by molar-refractivity contribution is -0.134. The number of amides is 2. The average Bonchev–Trinajstić information content (AvgIpc) is 2.92. The molecule has 0 atom stereocenters. The summed E-state index contributed by atoms with van der Waals surface area (Å²) in [4.78, 5) is 36.4. The minimum absolute atomic E-state index is 0.102. The highest BCUT2D eigenvalue weighted by molar-refractivity contribution is 6.47. The maximum absolute atomic E-state index is 11.9. The van der Waals surface area contributed by atoms with Crippen molar-refractivity contribution in [1.82, 2.24) is 25.1 Å². The van der Waals surface area contributed by atoms with Crippen LogP contribution in [0.15, 0.2) is 24.8 Å². The Bertz CT molecular complexity index is 1050. The van der Waals surface area contributed by atoms with Crippen molar-refractivity contribution < 1.29 is 9.59 Å². The number of carbonyl (C=O) groups excluding carboxylic acids is 2. The van der Waals surface area contributed by atoms with E-state index in [2.05, 4.69) is 20.2 Å². The van der Waals surface area contributed by atoms with E-state index in [1.54, 1.807) is 36.3 Å². The van der Waals surface area contributed by atoms with E-state index in [-0.39, 0.29) is 23.7 Å². The molecule has 2 saturated heterocycles. The summed E-state index contributed by atoms with van der Waals surface area (Å²) in [6.45, 7) is 3.55. The summed E-state index contributed by atoms with van der Waals surface area (Å²) in [5.41, 5.74) is 0.828. The van der Waals surface area contributed by atoms with E-state index in [1.165, 1.54) is 12.4 Å². The van der Waals surface area contributed by atoms with Crippen LogP contribution in [0.5, 0.6) is 0 Å². The number of nitrogens with one attached hydrogen (secondary N) is 1. The molecule has 0 saturated carbocycles. The third kappa shape index (κ3) is 10.4. The maximum Gasteiger partial charge on any atom is 0.225 e. The Morgan fingerprint density at radius 3 is 1.49 bits per heavy atom. The van der Waals surface area contributed by atoms with E-state index in [0.717, 1.165) is 57.5 Å². The number of anilines is 1. The Balaban J connectivity index is 0.000000226. The van der Waals surface area contributed by atoms with Gasteiger partial charge in [0.05, 0.1) is 30.8 Å². The van der Waals surface area contributed by atoms with Crippen molar-refractivity contribution in [2.75, 3.05) is 59.3 Å². The van der Waals surface area contributed by atoms with E-state index in [4.69, 9.17) is 58.0 Å². The number of aromatic nitrogens is 2. The Morgan fingerprint density at radius 1 is 0.718 bits per heavy atom. The summed E-state index contributed by atoms with van der Waals surface area (Å²) in [5, 5.41) is 5.47. The summed E-state index contributed by atoms with van der Waals surface area (Å²) in [6.07, 6.45) is 9.72. The molecule has 1 N–H and O–H groups in total. The molecule has 0 aromatic carbocycles. The second-order valence-corrected chi connectivity index (χ2v) is 11.6. The molecule has 0 unspecified atom stereocenters. The number of nitrogens with zero attached hydrogens (tertiary/aromatic N) is 5. The molecule has 8 nitrogen and oxygen atoms in total. The number of pyridine rings is 2. The zero-order valence-corrected chi connectivity index (χ0v) is 26.3. The first-order valence-corrected chi connectivity index (χ1v) is 14.4.